The van der Waals surface area contributed by atoms with Gasteiger partial charge in [-0.25, -0.2) is 0 Å². The molecule has 0 aliphatic heterocycles. The summed E-state index contributed by atoms with van der Waals surface area (Å²) < 4.78 is 0. The van der Waals surface area contributed by atoms with Gasteiger partial charge in [0.2, 0.25) is 0 Å². The molecule has 3 heteroatoms. The van der Waals surface area contributed by atoms with Crippen molar-refractivity contribution in [2.45, 2.75) is 9.79 Å². The van der Waals surface area contributed by atoms with Gasteiger partial charge in [-0.3, -0.25) is 0 Å². The van der Waals surface area contributed by atoms with Gasteiger partial charge in [0.1, 0.15) is 0 Å². The van der Waals surface area contributed by atoms with Crippen LogP contribution >= 0.6 is 0 Å². The zero-order chi connectivity index (χ0) is 10.2. The van der Waals surface area contributed by atoms with Crippen molar-refractivity contribution in [2.75, 3.05) is 0 Å². The van der Waals surface area contributed by atoms with E-state index in [9.17, 15) is 0 Å². The predicted molar refractivity (Wildman–Crippen MR) is 64.1 cm³/mol. The standard InChI is InChI=1S/2C6H6S.Zn/c2*7-6-4-2-1-3-5-6;/h2*1-5,7H;/q;;+2/p-2. The zero-order valence-electron chi connectivity index (χ0n) is 8.30. The van der Waals surface area contributed by atoms with E-state index >= 15 is 0 Å². The Morgan fingerprint density at radius 3 is 0.933 bits per heavy atom. The van der Waals surface area contributed by atoms with Crippen molar-refractivity contribution in [1.82, 2.24) is 0 Å². The Balaban J connectivity index is 0.000000245. The summed E-state index contributed by atoms with van der Waals surface area (Å²) in [5, 5.41) is 0. The molecule has 72 valence electrons. The largest absolute Gasteiger partial charge is 2.00 e. The van der Waals surface area contributed by atoms with Gasteiger partial charge in [0.05, 0.1) is 0 Å². The van der Waals surface area contributed by atoms with Crippen LogP contribution in [0.4, 0.5) is 0 Å². The molecule has 0 N–H and O–H groups in total. The van der Waals surface area contributed by atoms with Crippen LogP contribution in [0.1, 0.15) is 0 Å². The van der Waals surface area contributed by atoms with Crippen LogP contribution in [0, 0.1) is 0 Å². The van der Waals surface area contributed by atoms with E-state index in [2.05, 4.69) is 0 Å². The van der Waals surface area contributed by atoms with Gasteiger partial charge in [-0.15, -0.1) is 0 Å². The second-order valence-corrected chi connectivity index (χ2v) is 3.57. The van der Waals surface area contributed by atoms with Crippen LogP contribution < -0.4 is 0 Å². The molecule has 0 bridgehead atoms. The molecule has 2 aromatic carbocycles. The minimum atomic E-state index is 0. The Labute approximate surface area is 115 Å². The first kappa shape index (κ1) is 14.5. The van der Waals surface area contributed by atoms with Gasteiger partial charge in [-0.2, -0.15) is 9.79 Å². The normalized spacial score (nSPS) is 8.00. The summed E-state index contributed by atoms with van der Waals surface area (Å²) in [4.78, 5) is 1.81. The number of hydrogen-bond donors (Lipinski definition) is 0. The van der Waals surface area contributed by atoms with Crippen molar-refractivity contribution in [2.24, 2.45) is 0 Å². The minimum absolute atomic E-state index is 0. The van der Waals surface area contributed by atoms with Gasteiger partial charge in [-0.1, -0.05) is 60.7 Å². The maximum Gasteiger partial charge on any atom is 2.00 e. The summed E-state index contributed by atoms with van der Waals surface area (Å²) >= 11 is 9.62. The molecule has 0 fully saturated rings. The molecule has 2 rings (SSSR count). The minimum Gasteiger partial charge on any atom is -0.780 e. The maximum atomic E-state index is 4.81. The first-order valence-corrected chi connectivity index (χ1v) is 5.05. The number of rotatable bonds is 0. The molecule has 0 saturated carbocycles. The van der Waals surface area contributed by atoms with E-state index in [0.29, 0.717) is 0 Å². The molecular weight excluding hydrogens is 274 g/mol. The summed E-state index contributed by atoms with van der Waals surface area (Å²) in [5.74, 6) is 0. The molecular formula is C12H10S2Zn. The first-order chi connectivity index (χ1) is 6.79. The second-order valence-electron chi connectivity index (χ2n) is 2.63. The van der Waals surface area contributed by atoms with Crippen LogP contribution in [0.3, 0.4) is 0 Å². The van der Waals surface area contributed by atoms with E-state index in [1.54, 1.807) is 0 Å². The molecule has 15 heavy (non-hydrogen) atoms. The Hall–Kier alpha value is -0.497. The summed E-state index contributed by atoms with van der Waals surface area (Å²) in [7, 11) is 0. The smallest absolute Gasteiger partial charge is 0.780 e. The third-order valence-electron chi connectivity index (χ3n) is 1.49. The molecule has 0 spiro atoms. The van der Waals surface area contributed by atoms with Crippen molar-refractivity contribution >= 4 is 25.3 Å². The molecule has 0 amide bonds. The quantitative estimate of drug-likeness (QED) is 0.538. The van der Waals surface area contributed by atoms with Crippen LogP contribution in [0.5, 0.6) is 0 Å². The maximum absolute atomic E-state index is 4.81. The van der Waals surface area contributed by atoms with Gasteiger partial charge in [-0.05, 0) is 0 Å². The Bertz CT molecular complexity index is 311. The second kappa shape index (κ2) is 8.78. The molecule has 0 aliphatic carbocycles. The van der Waals surface area contributed by atoms with Crippen molar-refractivity contribution < 1.29 is 19.5 Å². The van der Waals surface area contributed by atoms with E-state index in [1.165, 1.54) is 0 Å². The van der Waals surface area contributed by atoms with Crippen molar-refractivity contribution in [3.05, 3.63) is 60.7 Å². The number of hydrogen-bond acceptors (Lipinski definition) is 2. The third kappa shape index (κ3) is 7.43. The molecule has 0 atom stereocenters. The van der Waals surface area contributed by atoms with Crippen LogP contribution in [0.2, 0.25) is 0 Å². The molecule has 2 aromatic rings. The van der Waals surface area contributed by atoms with Crippen molar-refractivity contribution in [1.29, 1.82) is 0 Å². The molecule has 0 aromatic heterocycles. The van der Waals surface area contributed by atoms with Crippen LogP contribution in [-0.2, 0) is 44.7 Å². The fourth-order valence-corrected chi connectivity index (χ4v) is 1.16. The van der Waals surface area contributed by atoms with E-state index in [-0.39, 0.29) is 19.5 Å². The molecule has 0 unspecified atom stereocenters. The van der Waals surface area contributed by atoms with Crippen molar-refractivity contribution in [3.63, 3.8) is 0 Å². The summed E-state index contributed by atoms with van der Waals surface area (Å²) in [6, 6.07) is 19.2. The third-order valence-corrected chi connectivity index (χ3v) is 2.03. The zero-order valence-corrected chi connectivity index (χ0v) is 12.9. The summed E-state index contributed by atoms with van der Waals surface area (Å²) in [6.45, 7) is 0. The average molecular weight is 284 g/mol. The summed E-state index contributed by atoms with van der Waals surface area (Å²) in [6.07, 6.45) is 0. The topological polar surface area (TPSA) is 0 Å². The van der Waals surface area contributed by atoms with E-state index in [4.69, 9.17) is 25.3 Å². The van der Waals surface area contributed by atoms with Crippen LogP contribution in [0.15, 0.2) is 70.5 Å². The molecule has 0 saturated heterocycles. The molecule has 0 radical (unpaired) electrons. The fourth-order valence-electron chi connectivity index (χ4n) is 0.841. The van der Waals surface area contributed by atoms with Crippen LogP contribution in [0.25, 0.3) is 0 Å². The van der Waals surface area contributed by atoms with Gasteiger partial charge in [0.25, 0.3) is 0 Å². The average Bonchev–Trinajstić information content (AvgIpc) is 2.21. The molecule has 0 heterocycles. The fraction of sp³-hybridized carbons (Fsp3) is 0. The Kier molecular flexibility index (Phi) is 8.49. The Morgan fingerprint density at radius 2 is 0.800 bits per heavy atom. The van der Waals surface area contributed by atoms with Crippen LogP contribution in [-0.4, -0.2) is 0 Å². The molecule has 0 aliphatic rings. The monoisotopic (exact) mass is 282 g/mol. The van der Waals surface area contributed by atoms with Gasteiger partial charge >= 0.3 is 19.5 Å². The van der Waals surface area contributed by atoms with E-state index < -0.39 is 0 Å². The van der Waals surface area contributed by atoms with Gasteiger partial charge < -0.3 is 25.3 Å². The van der Waals surface area contributed by atoms with Gasteiger partial charge in [0.15, 0.2) is 0 Å². The molecule has 0 nitrogen and oxygen atoms in total. The van der Waals surface area contributed by atoms with Gasteiger partial charge in [0, 0.05) is 0 Å². The van der Waals surface area contributed by atoms with E-state index in [0.717, 1.165) is 9.79 Å². The number of benzene rings is 2. The SMILES string of the molecule is [S-]c1ccccc1.[S-]c1ccccc1.[Zn+2]. The summed E-state index contributed by atoms with van der Waals surface area (Å²) in [5.41, 5.74) is 0. The predicted octanol–water partition coefficient (Wildman–Crippen LogP) is 3.18. The van der Waals surface area contributed by atoms with E-state index in [1.807, 2.05) is 60.7 Å². The first-order valence-electron chi connectivity index (χ1n) is 4.23. The van der Waals surface area contributed by atoms with Crippen molar-refractivity contribution in [3.8, 4) is 0 Å². The Morgan fingerprint density at radius 1 is 0.533 bits per heavy atom.